The molecule has 2 heteroatoms. The van der Waals surface area contributed by atoms with E-state index in [1.54, 1.807) is 11.1 Å². The zero-order valence-corrected chi connectivity index (χ0v) is 26.7. The van der Waals surface area contributed by atoms with Crippen molar-refractivity contribution < 1.29 is 0 Å². The maximum atomic E-state index is 2.63. The van der Waals surface area contributed by atoms with Crippen molar-refractivity contribution in [3.05, 3.63) is 143 Å². The van der Waals surface area contributed by atoms with Gasteiger partial charge in [-0.2, -0.15) is 0 Å². The molecule has 1 aliphatic carbocycles. The molecule has 1 aliphatic heterocycles. The number of nitrogens with zero attached hydrogens (tertiary/aromatic N) is 2. The number of anilines is 1. The number of fused-ring (bicyclic) bond motifs is 4. The molecule has 7 rings (SSSR count). The molecular weight excluding hydrogens is 532 g/mol. The number of unbranched alkanes of at least 4 members (excludes halogenated alkanes) is 2. The topological polar surface area (TPSA) is 8.17 Å². The number of rotatable bonds is 9. The van der Waals surface area contributed by atoms with Gasteiger partial charge in [0.1, 0.15) is 0 Å². The van der Waals surface area contributed by atoms with Crippen molar-refractivity contribution in [2.75, 3.05) is 11.9 Å². The van der Waals surface area contributed by atoms with E-state index >= 15 is 0 Å². The number of benzene rings is 4. The molecule has 44 heavy (non-hydrogen) atoms. The molecule has 5 aromatic rings. The Balaban J connectivity index is 1.68. The summed E-state index contributed by atoms with van der Waals surface area (Å²) in [5.74, 6) is 0. The first-order chi connectivity index (χ1) is 21.6. The van der Waals surface area contributed by atoms with Gasteiger partial charge in [0.25, 0.3) is 0 Å². The normalized spacial score (nSPS) is 19.5. The summed E-state index contributed by atoms with van der Waals surface area (Å²) in [6, 6.07) is 41.0. The van der Waals surface area contributed by atoms with Gasteiger partial charge >= 0.3 is 0 Å². The molecule has 2 atom stereocenters. The summed E-state index contributed by atoms with van der Waals surface area (Å²) in [5.41, 5.74) is 14.0. The Kier molecular flexibility index (Phi) is 7.54. The van der Waals surface area contributed by atoms with Gasteiger partial charge in [-0.1, -0.05) is 130 Å². The summed E-state index contributed by atoms with van der Waals surface area (Å²) < 4.78 is 2.34. The Morgan fingerprint density at radius 2 is 1.30 bits per heavy atom. The minimum atomic E-state index is -0.223. The number of hydrogen-bond donors (Lipinski definition) is 0. The van der Waals surface area contributed by atoms with Crippen LogP contribution in [0.25, 0.3) is 27.6 Å². The van der Waals surface area contributed by atoms with Crippen LogP contribution >= 0.6 is 0 Å². The number of aromatic nitrogens is 1. The Morgan fingerprint density at radius 1 is 0.659 bits per heavy atom. The first-order valence-electron chi connectivity index (χ1n) is 16.6. The standard InChI is InChI=1S/C42H44N2/c1-5-7-23-34-38(30-19-11-9-12-20-30)40-33-25-16-18-27-37(33)44(4)41(35-29-43(3)36-26-17-15-24-32(35)36)42(40,28-8-6-2)39(34)31-21-13-10-14-22-31/h9-22,24-27,29,41H,5-8,23,28H2,1-4H3/t41-,42-/m1/s1. The summed E-state index contributed by atoms with van der Waals surface area (Å²) in [5, 5.41) is 1.36. The molecule has 0 N–H and O–H groups in total. The van der Waals surface area contributed by atoms with E-state index in [1.807, 2.05) is 0 Å². The van der Waals surface area contributed by atoms with Crippen LogP contribution in [0.2, 0.25) is 0 Å². The third-order valence-electron chi connectivity index (χ3n) is 10.2. The van der Waals surface area contributed by atoms with Gasteiger partial charge < -0.3 is 9.47 Å². The molecule has 1 aromatic heterocycles. The highest BCUT2D eigenvalue weighted by atomic mass is 15.2. The number of para-hydroxylation sites is 2. The lowest BCUT2D eigenvalue weighted by Crippen LogP contribution is -2.44. The van der Waals surface area contributed by atoms with Crippen LogP contribution in [0.1, 0.15) is 80.7 Å². The SMILES string of the molecule is CCCCC1=C(c2ccccc2)[C@]2(CCCC)C(=C1c1ccccc1)c1ccccc1N(C)[C@@H]2c1cn(C)c2ccccc12. The molecule has 0 radical (unpaired) electrons. The lowest BCUT2D eigenvalue weighted by molar-refractivity contribution is 0.367. The molecule has 222 valence electrons. The van der Waals surface area contributed by atoms with Gasteiger partial charge in [-0.05, 0) is 64.8 Å². The summed E-state index contributed by atoms with van der Waals surface area (Å²) in [7, 11) is 4.56. The summed E-state index contributed by atoms with van der Waals surface area (Å²) in [6.45, 7) is 4.68. The second-order valence-corrected chi connectivity index (χ2v) is 12.8. The first-order valence-corrected chi connectivity index (χ1v) is 16.6. The van der Waals surface area contributed by atoms with E-state index in [2.05, 4.69) is 153 Å². The average Bonchev–Trinajstić information content (AvgIpc) is 3.56. The smallest absolute Gasteiger partial charge is 0.0698 e. The quantitative estimate of drug-likeness (QED) is 0.169. The average molecular weight is 577 g/mol. The third-order valence-corrected chi connectivity index (χ3v) is 10.2. The van der Waals surface area contributed by atoms with Crippen LogP contribution in [-0.4, -0.2) is 11.6 Å². The van der Waals surface area contributed by atoms with Gasteiger partial charge in [-0.25, -0.2) is 0 Å². The fraction of sp³-hybridized carbons (Fsp3) is 0.286. The molecule has 0 saturated carbocycles. The summed E-state index contributed by atoms with van der Waals surface area (Å²) in [6.07, 6.45) is 9.29. The minimum absolute atomic E-state index is 0.137. The Labute approximate surface area is 263 Å². The molecule has 2 aliphatic rings. The molecular formula is C42H44N2. The maximum Gasteiger partial charge on any atom is 0.0698 e. The van der Waals surface area contributed by atoms with E-state index in [4.69, 9.17) is 0 Å². The highest BCUT2D eigenvalue weighted by Gasteiger charge is 2.57. The van der Waals surface area contributed by atoms with E-state index < -0.39 is 0 Å². The maximum absolute atomic E-state index is 2.63. The van der Waals surface area contributed by atoms with Crippen LogP contribution in [0.3, 0.4) is 0 Å². The molecule has 0 spiro atoms. The van der Waals surface area contributed by atoms with Crippen LogP contribution in [0.5, 0.6) is 0 Å². The highest BCUT2D eigenvalue weighted by Crippen LogP contribution is 2.70. The second kappa shape index (κ2) is 11.7. The van der Waals surface area contributed by atoms with E-state index in [9.17, 15) is 0 Å². The predicted octanol–water partition coefficient (Wildman–Crippen LogP) is 11.1. The van der Waals surface area contributed by atoms with Gasteiger partial charge in [0.05, 0.1) is 6.04 Å². The zero-order chi connectivity index (χ0) is 30.3. The van der Waals surface area contributed by atoms with Crippen molar-refractivity contribution in [3.8, 4) is 0 Å². The van der Waals surface area contributed by atoms with Crippen LogP contribution < -0.4 is 4.90 Å². The second-order valence-electron chi connectivity index (χ2n) is 12.8. The molecule has 0 fully saturated rings. The van der Waals surface area contributed by atoms with Gasteiger partial charge in [-0.15, -0.1) is 0 Å². The molecule has 0 amide bonds. The van der Waals surface area contributed by atoms with Crippen molar-refractivity contribution in [1.82, 2.24) is 4.57 Å². The summed E-state index contributed by atoms with van der Waals surface area (Å²) in [4.78, 5) is 2.63. The Bertz CT molecular complexity index is 1860. The van der Waals surface area contributed by atoms with E-state index in [1.165, 1.54) is 69.3 Å². The lowest BCUT2D eigenvalue weighted by Gasteiger charge is -2.52. The van der Waals surface area contributed by atoms with Crippen molar-refractivity contribution >= 4 is 33.3 Å². The monoisotopic (exact) mass is 576 g/mol. The molecule has 4 aromatic carbocycles. The largest absolute Gasteiger partial charge is 0.366 e. The van der Waals surface area contributed by atoms with E-state index in [0.29, 0.717) is 0 Å². The molecule has 2 nitrogen and oxygen atoms in total. The number of aryl methyl sites for hydroxylation is 1. The molecule has 0 unspecified atom stereocenters. The Hall–Kier alpha value is -4.30. The molecule has 0 bridgehead atoms. The first kappa shape index (κ1) is 28.5. The van der Waals surface area contributed by atoms with Gasteiger partial charge in [0.2, 0.25) is 0 Å². The van der Waals surface area contributed by atoms with Gasteiger partial charge in [0.15, 0.2) is 0 Å². The van der Waals surface area contributed by atoms with Crippen molar-refractivity contribution in [2.24, 2.45) is 12.5 Å². The Morgan fingerprint density at radius 3 is 2.02 bits per heavy atom. The molecule has 0 saturated heterocycles. The fourth-order valence-electron chi connectivity index (χ4n) is 8.47. The molecule has 2 heterocycles. The summed E-state index contributed by atoms with van der Waals surface area (Å²) >= 11 is 0. The van der Waals surface area contributed by atoms with E-state index in [-0.39, 0.29) is 11.5 Å². The van der Waals surface area contributed by atoms with E-state index in [0.717, 1.165) is 19.3 Å². The van der Waals surface area contributed by atoms with Crippen molar-refractivity contribution in [1.29, 1.82) is 0 Å². The van der Waals surface area contributed by atoms with Crippen molar-refractivity contribution in [2.45, 2.75) is 58.4 Å². The number of hydrogen-bond acceptors (Lipinski definition) is 1. The number of allylic oxidation sites excluding steroid dienone is 2. The minimum Gasteiger partial charge on any atom is -0.366 e. The van der Waals surface area contributed by atoms with Crippen LogP contribution in [0.4, 0.5) is 5.69 Å². The predicted molar refractivity (Wildman–Crippen MR) is 189 cm³/mol. The van der Waals surface area contributed by atoms with Crippen molar-refractivity contribution in [3.63, 3.8) is 0 Å². The highest BCUT2D eigenvalue weighted by molar-refractivity contribution is 6.16. The third kappa shape index (κ3) is 4.30. The van der Waals surface area contributed by atoms with Crippen LogP contribution in [0, 0.1) is 5.41 Å². The van der Waals surface area contributed by atoms with Gasteiger partial charge in [0, 0.05) is 53.4 Å². The lowest BCUT2D eigenvalue weighted by atomic mass is 9.59. The zero-order valence-electron chi connectivity index (χ0n) is 26.7. The van der Waals surface area contributed by atoms with Gasteiger partial charge in [-0.3, -0.25) is 0 Å². The van der Waals surface area contributed by atoms with Crippen LogP contribution in [-0.2, 0) is 7.05 Å². The fourth-order valence-corrected chi connectivity index (χ4v) is 8.47. The van der Waals surface area contributed by atoms with Crippen LogP contribution in [0.15, 0.2) is 121 Å².